The summed E-state index contributed by atoms with van der Waals surface area (Å²) in [5.74, 6) is 0. The van der Waals surface area contributed by atoms with Crippen LogP contribution in [0.5, 0.6) is 0 Å². The number of aromatic nitrogens is 1. The average Bonchev–Trinajstić information content (AvgIpc) is 2.49. The molecule has 110 valence electrons. The molecule has 8 heteroatoms. The molecule has 1 aromatic carbocycles. The zero-order valence-electron chi connectivity index (χ0n) is 11.1. The first-order chi connectivity index (χ1) is 9.96. The molecule has 0 radical (unpaired) electrons. The van der Waals surface area contributed by atoms with Gasteiger partial charge in [-0.15, -0.1) is 0 Å². The maximum atomic E-state index is 12.6. The Bertz CT molecular complexity index is 730. The van der Waals surface area contributed by atoms with E-state index in [4.69, 9.17) is 0 Å². The summed E-state index contributed by atoms with van der Waals surface area (Å²) in [5, 5.41) is 12.4. The third kappa shape index (κ3) is 3.06. The molecule has 1 heterocycles. The van der Waals surface area contributed by atoms with Gasteiger partial charge in [0.05, 0.1) is 9.82 Å². The van der Waals surface area contributed by atoms with Gasteiger partial charge in [0.25, 0.3) is 5.69 Å². The molecular weight excluding hydrogens is 294 g/mol. The van der Waals surface area contributed by atoms with Gasteiger partial charge in [-0.1, -0.05) is 6.07 Å². The summed E-state index contributed by atoms with van der Waals surface area (Å²) in [5.41, 5.74) is 0.342. The Morgan fingerprint density at radius 1 is 1.24 bits per heavy atom. The van der Waals surface area contributed by atoms with Crippen molar-refractivity contribution in [3.05, 3.63) is 64.5 Å². The third-order valence-electron chi connectivity index (χ3n) is 2.94. The molecule has 1 N–H and O–H groups in total. The molecule has 0 aliphatic carbocycles. The Morgan fingerprint density at radius 3 is 2.38 bits per heavy atom. The monoisotopic (exact) mass is 307 g/mol. The second kappa shape index (κ2) is 5.98. The van der Waals surface area contributed by atoms with E-state index in [1.807, 2.05) is 0 Å². The topological polar surface area (TPSA) is 102 Å². The number of non-ortho nitro benzene ring substituents is 1. The molecule has 0 saturated heterocycles. The van der Waals surface area contributed by atoms with Crippen LogP contribution in [0.4, 0.5) is 5.69 Å². The maximum absolute atomic E-state index is 12.6. The van der Waals surface area contributed by atoms with Crippen LogP contribution in [0.15, 0.2) is 53.7 Å². The number of pyridine rings is 1. The van der Waals surface area contributed by atoms with Crippen molar-refractivity contribution in [2.24, 2.45) is 0 Å². The maximum Gasteiger partial charge on any atom is 0.269 e. The van der Waals surface area contributed by atoms with E-state index in [1.165, 1.54) is 37.5 Å². The summed E-state index contributed by atoms with van der Waals surface area (Å²) in [4.78, 5) is 13.9. The molecule has 7 nitrogen and oxygen atoms in total. The first-order valence-corrected chi connectivity index (χ1v) is 7.57. The second-order valence-corrected chi connectivity index (χ2v) is 6.28. The van der Waals surface area contributed by atoms with Gasteiger partial charge < -0.3 is 5.32 Å². The van der Waals surface area contributed by atoms with Gasteiger partial charge in [0.15, 0.2) is 9.84 Å². The lowest BCUT2D eigenvalue weighted by Crippen LogP contribution is -2.25. The number of nitro benzene ring substituents is 1. The number of nitrogens with zero attached hydrogens (tertiary/aromatic N) is 2. The zero-order valence-corrected chi connectivity index (χ0v) is 11.9. The largest absolute Gasteiger partial charge is 0.300 e. The van der Waals surface area contributed by atoms with Crippen LogP contribution in [0.2, 0.25) is 0 Å². The van der Waals surface area contributed by atoms with E-state index in [1.54, 1.807) is 18.3 Å². The van der Waals surface area contributed by atoms with E-state index in [9.17, 15) is 18.5 Å². The van der Waals surface area contributed by atoms with Crippen molar-refractivity contribution in [2.75, 3.05) is 7.05 Å². The highest BCUT2D eigenvalue weighted by atomic mass is 32.2. The van der Waals surface area contributed by atoms with Gasteiger partial charge in [-0.3, -0.25) is 15.1 Å². The number of nitrogens with one attached hydrogen (secondary N) is 1. The molecule has 0 fully saturated rings. The predicted molar refractivity (Wildman–Crippen MR) is 76.3 cm³/mol. The average molecular weight is 307 g/mol. The quantitative estimate of drug-likeness (QED) is 0.666. The minimum absolute atomic E-state index is 0.0105. The van der Waals surface area contributed by atoms with Crippen LogP contribution in [0.1, 0.15) is 10.9 Å². The van der Waals surface area contributed by atoms with E-state index >= 15 is 0 Å². The molecule has 0 bridgehead atoms. The molecule has 0 spiro atoms. The van der Waals surface area contributed by atoms with Crippen molar-refractivity contribution in [1.82, 2.24) is 10.3 Å². The highest BCUT2D eigenvalue weighted by Gasteiger charge is 2.28. The van der Waals surface area contributed by atoms with Crippen molar-refractivity contribution < 1.29 is 13.3 Å². The van der Waals surface area contributed by atoms with Crippen molar-refractivity contribution in [2.45, 2.75) is 10.3 Å². The van der Waals surface area contributed by atoms with E-state index in [2.05, 4.69) is 10.3 Å². The molecule has 1 atom stereocenters. The molecule has 0 aliphatic rings. The lowest BCUT2D eigenvalue weighted by Gasteiger charge is -2.17. The third-order valence-corrected chi connectivity index (χ3v) is 4.99. The number of sulfone groups is 1. The van der Waals surface area contributed by atoms with Crippen molar-refractivity contribution >= 4 is 15.5 Å². The fourth-order valence-corrected chi connectivity index (χ4v) is 3.52. The number of benzene rings is 1. The van der Waals surface area contributed by atoms with E-state index < -0.39 is 20.1 Å². The summed E-state index contributed by atoms with van der Waals surface area (Å²) < 4.78 is 25.2. The highest BCUT2D eigenvalue weighted by Crippen LogP contribution is 2.27. The second-order valence-electron chi connectivity index (χ2n) is 4.25. The normalized spacial score (nSPS) is 12.8. The number of rotatable bonds is 5. The summed E-state index contributed by atoms with van der Waals surface area (Å²) in [6, 6.07) is 8.09. The Balaban J connectivity index is 2.42. The molecule has 1 unspecified atom stereocenters. The van der Waals surface area contributed by atoms with Gasteiger partial charge in [-0.25, -0.2) is 8.42 Å². The minimum Gasteiger partial charge on any atom is -0.300 e. The van der Waals surface area contributed by atoms with Gasteiger partial charge >= 0.3 is 0 Å². The van der Waals surface area contributed by atoms with Crippen molar-refractivity contribution in [3.8, 4) is 0 Å². The molecule has 0 saturated carbocycles. The predicted octanol–water partition coefficient (Wildman–Crippen LogP) is 1.68. The van der Waals surface area contributed by atoms with Crippen LogP contribution < -0.4 is 5.32 Å². The molecule has 21 heavy (non-hydrogen) atoms. The van der Waals surface area contributed by atoms with Crippen LogP contribution >= 0.6 is 0 Å². The SMILES string of the molecule is CNC(c1cccnc1)S(=O)(=O)c1ccc([N+](=O)[O-])cc1. The van der Waals surface area contributed by atoms with Gasteiger partial charge in [-0.2, -0.15) is 0 Å². The van der Waals surface area contributed by atoms with Crippen LogP contribution in [0.3, 0.4) is 0 Å². The fourth-order valence-electron chi connectivity index (χ4n) is 1.93. The number of nitro groups is 1. The fraction of sp³-hybridized carbons (Fsp3) is 0.154. The number of hydrogen-bond acceptors (Lipinski definition) is 6. The van der Waals surface area contributed by atoms with Gasteiger partial charge in [0.2, 0.25) is 0 Å². The first-order valence-electron chi connectivity index (χ1n) is 6.02. The molecule has 1 aromatic heterocycles. The summed E-state index contributed by atoms with van der Waals surface area (Å²) in [6.07, 6.45) is 3.01. The minimum atomic E-state index is -3.72. The highest BCUT2D eigenvalue weighted by molar-refractivity contribution is 7.91. The summed E-state index contributed by atoms with van der Waals surface area (Å²) >= 11 is 0. The number of hydrogen-bond donors (Lipinski definition) is 1. The van der Waals surface area contributed by atoms with Crippen LogP contribution in [-0.4, -0.2) is 25.4 Å². The molecule has 2 rings (SSSR count). The molecule has 0 amide bonds. The van der Waals surface area contributed by atoms with Crippen LogP contribution in [0.25, 0.3) is 0 Å². The summed E-state index contributed by atoms with van der Waals surface area (Å²) in [6.45, 7) is 0. The summed E-state index contributed by atoms with van der Waals surface area (Å²) in [7, 11) is -2.19. The van der Waals surface area contributed by atoms with E-state index in [0.717, 1.165) is 0 Å². The lowest BCUT2D eigenvalue weighted by molar-refractivity contribution is -0.384. The Kier molecular flexibility index (Phi) is 4.29. The first kappa shape index (κ1) is 15.1. The van der Waals surface area contributed by atoms with Crippen molar-refractivity contribution in [3.63, 3.8) is 0 Å². The van der Waals surface area contributed by atoms with Crippen LogP contribution in [-0.2, 0) is 9.84 Å². The zero-order chi connectivity index (χ0) is 15.5. The van der Waals surface area contributed by atoms with E-state index in [0.29, 0.717) is 5.56 Å². The molecule has 0 aliphatic heterocycles. The molecule has 2 aromatic rings. The Labute approximate surface area is 121 Å². The standard InChI is InChI=1S/C13H13N3O4S/c1-14-13(10-3-2-8-15-9-10)21(19,20)12-6-4-11(5-7-12)16(17)18/h2-9,13-14H,1H3. The van der Waals surface area contributed by atoms with Crippen molar-refractivity contribution in [1.29, 1.82) is 0 Å². The van der Waals surface area contributed by atoms with E-state index in [-0.39, 0.29) is 10.6 Å². The van der Waals surface area contributed by atoms with Gasteiger partial charge in [0, 0.05) is 30.1 Å². The van der Waals surface area contributed by atoms with Crippen LogP contribution in [0, 0.1) is 10.1 Å². The molecular formula is C13H13N3O4S. The van der Waals surface area contributed by atoms with Gasteiger partial charge in [0.1, 0.15) is 5.37 Å². The smallest absolute Gasteiger partial charge is 0.269 e. The Hall–Kier alpha value is -2.32. The Morgan fingerprint density at radius 2 is 1.90 bits per heavy atom. The lowest BCUT2D eigenvalue weighted by atomic mass is 10.3. The van der Waals surface area contributed by atoms with Gasteiger partial charge in [-0.05, 0) is 25.2 Å².